The summed E-state index contributed by atoms with van der Waals surface area (Å²) in [6.07, 6.45) is 2.19. The SMILES string of the molecule is O=C1c2nc(Cl)ccc2CN1C1CCSCC1. The second kappa shape index (κ2) is 4.50. The molecule has 1 amide bonds. The van der Waals surface area contributed by atoms with Gasteiger partial charge in [0.2, 0.25) is 0 Å². The molecule has 3 heterocycles. The predicted octanol–water partition coefficient (Wildman–Crippen LogP) is 2.59. The van der Waals surface area contributed by atoms with Crippen LogP contribution >= 0.6 is 23.4 Å². The number of aromatic nitrogens is 1. The Hall–Kier alpha value is -0.740. The predicted molar refractivity (Wildman–Crippen MR) is 69.5 cm³/mol. The van der Waals surface area contributed by atoms with E-state index in [2.05, 4.69) is 4.98 Å². The monoisotopic (exact) mass is 268 g/mol. The van der Waals surface area contributed by atoms with Crippen LogP contribution < -0.4 is 0 Å². The highest BCUT2D eigenvalue weighted by Gasteiger charge is 2.34. The lowest BCUT2D eigenvalue weighted by Crippen LogP contribution is -2.38. The van der Waals surface area contributed by atoms with Gasteiger partial charge in [-0.2, -0.15) is 11.8 Å². The van der Waals surface area contributed by atoms with Crippen molar-refractivity contribution >= 4 is 29.3 Å². The van der Waals surface area contributed by atoms with E-state index in [1.165, 1.54) is 0 Å². The Bertz CT molecular complexity index is 460. The van der Waals surface area contributed by atoms with Gasteiger partial charge in [-0.1, -0.05) is 17.7 Å². The summed E-state index contributed by atoms with van der Waals surface area (Å²) in [5.41, 5.74) is 1.56. The molecular weight excluding hydrogens is 256 g/mol. The molecule has 2 aliphatic heterocycles. The lowest BCUT2D eigenvalue weighted by atomic mass is 10.1. The molecule has 3 rings (SSSR count). The van der Waals surface area contributed by atoms with Crippen molar-refractivity contribution in [3.63, 3.8) is 0 Å². The molecule has 0 N–H and O–H groups in total. The minimum Gasteiger partial charge on any atom is -0.330 e. The van der Waals surface area contributed by atoms with Crippen molar-refractivity contribution < 1.29 is 4.79 Å². The molecule has 0 unspecified atom stereocenters. The number of halogens is 1. The number of nitrogens with zero attached hydrogens (tertiary/aromatic N) is 2. The number of carbonyl (C=O) groups is 1. The zero-order valence-corrected chi connectivity index (χ0v) is 10.9. The van der Waals surface area contributed by atoms with Crippen LogP contribution in [0.5, 0.6) is 0 Å². The Morgan fingerprint density at radius 2 is 2.12 bits per heavy atom. The van der Waals surface area contributed by atoms with Gasteiger partial charge < -0.3 is 4.90 Å². The van der Waals surface area contributed by atoms with E-state index in [0.29, 0.717) is 23.4 Å². The molecule has 1 fully saturated rings. The van der Waals surface area contributed by atoms with Gasteiger partial charge in [0.15, 0.2) is 0 Å². The summed E-state index contributed by atoms with van der Waals surface area (Å²) in [7, 11) is 0. The van der Waals surface area contributed by atoms with Crippen molar-refractivity contribution in [3.8, 4) is 0 Å². The summed E-state index contributed by atoms with van der Waals surface area (Å²) in [4.78, 5) is 18.4. The molecule has 1 saturated heterocycles. The Labute approximate surface area is 110 Å². The third-order valence-corrected chi connectivity index (χ3v) is 4.64. The highest BCUT2D eigenvalue weighted by atomic mass is 35.5. The van der Waals surface area contributed by atoms with Crippen LogP contribution in [0.25, 0.3) is 0 Å². The molecule has 0 aromatic carbocycles. The number of amides is 1. The number of rotatable bonds is 1. The van der Waals surface area contributed by atoms with Crippen LogP contribution in [0.4, 0.5) is 0 Å². The highest BCUT2D eigenvalue weighted by molar-refractivity contribution is 7.99. The molecule has 17 heavy (non-hydrogen) atoms. The molecule has 0 atom stereocenters. The lowest BCUT2D eigenvalue weighted by Gasteiger charge is -2.30. The summed E-state index contributed by atoms with van der Waals surface area (Å²) < 4.78 is 0. The van der Waals surface area contributed by atoms with E-state index in [9.17, 15) is 4.79 Å². The largest absolute Gasteiger partial charge is 0.330 e. The quantitative estimate of drug-likeness (QED) is 0.734. The van der Waals surface area contributed by atoms with E-state index in [0.717, 1.165) is 29.9 Å². The van der Waals surface area contributed by atoms with Gasteiger partial charge in [-0.15, -0.1) is 0 Å². The summed E-state index contributed by atoms with van der Waals surface area (Å²) in [6, 6.07) is 4.06. The Morgan fingerprint density at radius 1 is 1.35 bits per heavy atom. The minimum absolute atomic E-state index is 0.0550. The Balaban J connectivity index is 1.85. The third-order valence-electron chi connectivity index (χ3n) is 3.38. The first kappa shape index (κ1) is 11.4. The van der Waals surface area contributed by atoms with Crippen molar-refractivity contribution in [2.75, 3.05) is 11.5 Å². The van der Waals surface area contributed by atoms with Crippen LogP contribution in [0.2, 0.25) is 5.15 Å². The molecule has 0 radical (unpaired) electrons. The molecule has 1 aromatic rings. The fourth-order valence-corrected chi connectivity index (χ4v) is 3.69. The minimum atomic E-state index is 0.0550. The topological polar surface area (TPSA) is 33.2 Å². The van der Waals surface area contributed by atoms with Crippen LogP contribution in [0.3, 0.4) is 0 Å². The summed E-state index contributed by atoms with van der Waals surface area (Å²) in [5.74, 6) is 2.36. The smallest absolute Gasteiger partial charge is 0.273 e. The van der Waals surface area contributed by atoms with Gasteiger partial charge in [-0.25, -0.2) is 4.98 Å². The summed E-state index contributed by atoms with van der Waals surface area (Å²) in [6.45, 7) is 0.702. The van der Waals surface area contributed by atoms with Crippen LogP contribution in [0.15, 0.2) is 12.1 Å². The van der Waals surface area contributed by atoms with Gasteiger partial charge in [0.1, 0.15) is 10.8 Å². The van der Waals surface area contributed by atoms with Crippen molar-refractivity contribution in [3.05, 3.63) is 28.5 Å². The fraction of sp³-hybridized carbons (Fsp3) is 0.500. The molecule has 0 spiro atoms. The van der Waals surface area contributed by atoms with Gasteiger partial charge >= 0.3 is 0 Å². The molecule has 2 aliphatic rings. The van der Waals surface area contributed by atoms with E-state index >= 15 is 0 Å². The fourth-order valence-electron chi connectivity index (χ4n) is 2.46. The van der Waals surface area contributed by atoms with Gasteiger partial charge in [0.05, 0.1) is 0 Å². The summed E-state index contributed by atoms with van der Waals surface area (Å²) >= 11 is 7.81. The van der Waals surface area contributed by atoms with Crippen LogP contribution in [0.1, 0.15) is 28.9 Å². The van der Waals surface area contributed by atoms with Crippen molar-refractivity contribution in [1.82, 2.24) is 9.88 Å². The Morgan fingerprint density at radius 3 is 2.88 bits per heavy atom. The molecule has 1 aromatic heterocycles. The first-order valence-corrected chi connectivity index (χ1v) is 7.33. The van der Waals surface area contributed by atoms with Crippen molar-refractivity contribution in [1.29, 1.82) is 0 Å². The first-order chi connectivity index (χ1) is 8.25. The average Bonchev–Trinajstić information content (AvgIpc) is 2.68. The molecule has 0 saturated carbocycles. The van der Waals surface area contributed by atoms with Gasteiger partial charge in [0.25, 0.3) is 5.91 Å². The average molecular weight is 269 g/mol. The van der Waals surface area contributed by atoms with Gasteiger partial charge in [-0.3, -0.25) is 4.79 Å². The van der Waals surface area contributed by atoms with E-state index in [4.69, 9.17) is 11.6 Å². The first-order valence-electron chi connectivity index (χ1n) is 5.80. The molecule has 90 valence electrons. The number of fused-ring (bicyclic) bond motifs is 1. The summed E-state index contributed by atoms with van der Waals surface area (Å²) in [5, 5.41) is 0.401. The number of carbonyl (C=O) groups excluding carboxylic acids is 1. The van der Waals surface area contributed by atoms with E-state index in [1.807, 2.05) is 22.7 Å². The number of hydrogen-bond acceptors (Lipinski definition) is 3. The van der Waals surface area contributed by atoms with Crippen LogP contribution in [-0.4, -0.2) is 33.3 Å². The maximum atomic E-state index is 12.2. The van der Waals surface area contributed by atoms with Gasteiger partial charge in [0, 0.05) is 18.2 Å². The molecule has 0 bridgehead atoms. The second-order valence-electron chi connectivity index (χ2n) is 4.42. The number of pyridine rings is 1. The number of hydrogen-bond donors (Lipinski definition) is 0. The van der Waals surface area contributed by atoms with E-state index < -0.39 is 0 Å². The lowest BCUT2D eigenvalue weighted by molar-refractivity contribution is 0.0689. The number of thioether (sulfide) groups is 1. The molecule has 0 aliphatic carbocycles. The third kappa shape index (κ3) is 2.04. The zero-order chi connectivity index (χ0) is 11.8. The maximum Gasteiger partial charge on any atom is 0.273 e. The van der Waals surface area contributed by atoms with Crippen molar-refractivity contribution in [2.45, 2.75) is 25.4 Å². The van der Waals surface area contributed by atoms with E-state index in [1.54, 1.807) is 6.07 Å². The normalized spacial score (nSPS) is 20.8. The maximum absolute atomic E-state index is 12.2. The van der Waals surface area contributed by atoms with Crippen LogP contribution in [0, 0.1) is 0 Å². The van der Waals surface area contributed by atoms with Crippen LogP contribution in [-0.2, 0) is 6.54 Å². The Kier molecular flexibility index (Phi) is 3.01. The molecule has 5 heteroatoms. The highest BCUT2D eigenvalue weighted by Crippen LogP contribution is 2.30. The standard InChI is InChI=1S/C12H13ClN2OS/c13-10-2-1-8-7-15(12(16)11(8)14-10)9-3-5-17-6-4-9/h1-2,9H,3-7H2. The molecule has 3 nitrogen and oxygen atoms in total. The zero-order valence-electron chi connectivity index (χ0n) is 9.36. The molecular formula is C12H13ClN2OS. The van der Waals surface area contributed by atoms with Gasteiger partial charge in [-0.05, 0) is 30.4 Å². The second-order valence-corrected chi connectivity index (χ2v) is 6.03. The van der Waals surface area contributed by atoms with Crippen molar-refractivity contribution in [2.24, 2.45) is 0 Å². The van der Waals surface area contributed by atoms with E-state index in [-0.39, 0.29) is 5.91 Å².